The second-order valence-electron chi connectivity index (χ2n) is 4.93. The number of hydrogen-bond acceptors (Lipinski definition) is 3. The van der Waals surface area contributed by atoms with E-state index in [2.05, 4.69) is 12.2 Å². The van der Waals surface area contributed by atoms with Crippen LogP contribution in [0.3, 0.4) is 0 Å². The van der Waals surface area contributed by atoms with Crippen LogP contribution in [0.2, 0.25) is 0 Å². The normalized spacial score (nSPS) is 19.5. The van der Waals surface area contributed by atoms with E-state index < -0.39 is 9.84 Å². The third-order valence-electron chi connectivity index (χ3n) is 3.17. The Balaban J connectivity index is 2.10. The first-order valence-electron chi connectivity index (χ1n) is 5.85. The number of hydrogen-bond donors (Lipinski definition) is 1. The lowest BCUT2D eigenvalue weighted by Crippen LogP contribution is -2.30. The molecule has 0 radical (unpaired) electrons. The lowest BCUT2D eigenvalue weighted by Gasteiger charge is -2.12. The minimum Gasteiger partial charge on any atom is -0.315 e. The van der Waals surface area contributed by atoms with Crippen molar-refractivity contribution in [3.05, 3.63) is 0 Å². The Morgan fingerprint density at radius 2 is 1.87 bits per heavy atom. The number of rotatable bonds is 7. The summed E-state index contributed by atoms with van der Waals surface area (Å²) in [6.07, 6.45) is 2.71. The lowest BCUT2D eigenvalue weighted by molar-refractivity contribution is 0.468. The summed E-state index contributed by atoms with van der Waals surface area (Å²) in [5, 5.41) is 2.99. The van der Waals surface area contributed by atoms with Gasteiger partial charge in [-0.1, -0.05) is 6.92 Å². The predicted molar refractivity (Wildman–Crippen MR) is 63.7 cm³/mol. The van der Waals surface area contributed by atoms with E-state index in [4.69, 9.17) is 0 Å². The smallest absolute Gasteiger partial charge is 0.153 e. The summed E-state index contributed by atoms with van der Waals surface area (Å²) in [5.41, 5.74) is 0. The highest BCUT2D eigenvalue weighted by Crippen LogP contribution is 2.35. The predicted octanol–water partition coefficient (Wildman–Crippen LogP) is 1.45. The standard InChI is InChI=1S/C11H23NO2S/c1-9(2)15(13,14)7-6-12-8-10(3)11-4-5-11/h9-12H,4-8H2,1-3H3. The zero-order valence-electron chi connectivity index (χ0n) is 9.99. The topological polar surface area (TPSA) is 46.2 Å². The zero-order chi connectivity index (χ0) is 11.5. The molecule has 1 aliphatic rings. The van der Waals surface area contributed by atoms with Crippen molar-refractivity contribution >= 4 is 9.84 Å². The van der Waals surface area contributed by atoms with Crippen molar-refractivity contribution in [1.82, 2.24) is 5.32 Å². The molecule has 0 aromatic heterocycles. The molecule has 1 saturated carbocycles. The van der Waals surface area contributed by atoms with Gasteiger partial charge in [0.25, 0.3) is 0 Å². The molecule has 90 valence electrons. The second-order valence-corrected chi connectivity index (χ2v) is 7.61. The monoisotopic (exact) mass is 233 g/mol. The fraction of sp³-hybridized carbons (Fsp3) is 1.00. The molecule has 0 spiro atoms. The fourth-order valence-electron chi connectivity index (χ4n) is 1.61. The lowest BCUT2D eigenvalue weighted by atomic mass is 10.1. The van der Waals surface area contributed by atoms with E-state index in [-0.39, 0.29) is 11.0 Å². The maximum absolute atomic E-state index is 11.5. The summed E-state index contributed by atoms with van der Waals surface area (Å²) in [7, 11) is -2.86. The highest BCUT2D eigenvalue weighted by atomic mass is 32.2. The molecule has 3 nitrogen and oxygen atoms in total. The molecule has 4 heteroatoms. The van der Waals surface area contributed by atoms with Crippen LogP contribution < -0.4 is 5.32 Å². The van der Waals surface area contributed by atoms with Crippen LogP contribution in [0.25, 0.3) is 0 Å². The Morgan fingerprint density at radius 3 is 2.33 bits per heavy atom. The Kier molecular flexibility index (Phi) is 4.59. The van der Waals surface area contributed by atoms with Gasteiger partial charge < -0.3 is 5.32 Å². The average Bonchev–Trinajstić information content (AvgIpc) is 2.94. The Labute approximate surface area is 93.6 Å². The van der Waals surface area contributed by atoms with Gasteiger partial charge in [-0.3, -0.25) is 0 Å². The molecule has 1 rings (SSSR count). The van der Waals surface area contributed by atoms with Crippen molar-refractivity contribution in [1.29, 1.82) is 0 Å². The molecule has 15 heavy (non-hydrogen) atoms. The molecule has 0 aromatic rings. The van der Waals surface area contributed by atoms with Gasteiger partial charge in [-0.25, -0.2) is 8.42 Å². The molecule has 1 atom stereocenters. The molecule has 1 unspecified atom stereocenters. The third kappa shape index (κ3) is 4.51. The summed E-state index contributed by atoms with van der Waals surface area (Å²) >= 11 is 0. The fourth-order valence-corrected chi connectivity index (χ4v) is 2.51. The summed E-state index contributed by atoms with van der Waals surface area (Å²) in [4.78, 5) is 0. The van der Waals surface area contributed by atoms with Crippen LogP contribution in [0.15, 0.2) is 0 Å². The molecule has 0 aromatic carbocycles. The van der Waals surface area contributed by atoms with Crippen LogP contribution in [0, 0.1) is 11.8 Å². The van der Waals surface area contributed by atoms with Crippen LogP contribution in [0.5, 0.6) is 0 Å². The van der Waals surface area contributed by atoms with Crippen molar-refractivity contribution in [3.8, 4) is 0 Å². The van der Waals surface area contributed by atoms with Crippen LogP contribution >= 0.6 is 0 Å². The maximum Gasteiger partial charge on any atom is 0.153 e. The summed E-state index contributed by atoms with van der Waals surface area (Å²) < 4.78 is 23.0. The molecular weight excluding hydrogens is 210 g/mol. The van der Waals surface area contributed by atoms with Crippen molar-refractivity contribution < 1.29 is 8.42 Å². The molecule has 0 saturated heterocycles. The SMILES string of the molecule is CC(CNCCS(=O)(=O)C(C)C)C1CC1. The van der Waals surface area contributed by atoms with Gasteiger partial charge in [0.1, 0.15) is 0 Å². The molecule has 1 N–H and O–H groups in total. The Hall–Kier alpha value is -0.0900. The van der Waals surface area contributed by atoms with E-state index in [1.807, 2.05) is 0 Å². The largest absolute Gasteiger partial charge is 0.315 e. The van der Waals surface area contributed by atoms with E-state index in [1.54, 1.807) is 13.8 Å². The number of sulfone groups is 1. The zero-order valence-corrected chi connectivity index (χ0v) is 10.8. The van der Waals surface area contributed by atoms with Crippen molar-refractivity contribution in [2.45, 2.75) is 38.9 Å². The minimum absolute atomic E-state index is 0.250. The molecule has 0 heterocycles. The molecule has 0 aliphatic heterocycles. The van der Waals surface area contributed by atoms with Gasteiger partial charge in [0.05, 0.1) is 11.0 Å². The maximum atomic E-state index is 11.5. The summed E-state index contributed by atoms with van der Waals surface area (Å²) in [5.74, 6) is 1.85. The average molecular weight is 233 g/mol. The second kappa shape index (κ2) is 5.30. The Bertz CT molecular complexity index is 281. The first-order valence-corrected chi connectivity index (χ1v) is 7.57. The van der Waals surface area contributed by atoms with Gasteiger partial charge in [0.2, 0.25) is 0 Å². The van der Waals surface area contributed by atoms with Gasteiger partial charge in [-0.05, 0) is 45.1 Å². The van der Waals surface area contributed by atoms with Crippen molar-refractivity contribution in [3.63, 3.8) is 0 Å². The van der Waals surface area contributed by atoms with Crippen LogP contribution in [0.1, 0.15) is 33.6 Å². The van der Waals surface area contributed by atoms with Gasteiger partial charge in [-0.2, -0.15) is 0 Å². The van der Waals surface area contributed by atoms with Crippen LogP contribution in [-0.2, 0) is 9.84 Å². The molecule has 0 bridgehead atoms. The highest BCUT2D eigenvalue weighted by molar-refractivity contribution is 7.92. The number of nitrogens with one attached hydrogen (secondary N) is 1. The Morgan fingerprint density at radius 1 is 1.27 bits per heavy atom. The van der Waals surface area contributed by atoms with Gasteiger partial charge in [0.15, 0.2) is 9.84 Å². The minimum atomic E-state index is -2.86. The molecule has 1 fully saturated rings. The first-order chi connectivity index (χ1) is 6.93. The third-order valence-corrected chi connectivity index (χ3v) is 5.38. The molecular formula is C11H23NO2S. The van der Waals surface area contributed by atoms with E-state index >= 15 is 0 Å². The summed E-state index contributed by atoms with van der Waals surface area (Å²) in [6, 6.07) is 0. The van der Waals surface area contributed by atoms with E-state index in [9.17, 15) is 8.42 Å². The highest BCUT2D eigenvalue weighted by Gasteiger charge is 2.27. The van der Waals surface area contributed by atoms with Crippen LogP contribution in [0.4, 0.5) is 0 Å². The van der Waals surface area contributed by atoms with Crippen molar-refractivity contribution in [2.24, 2.45) is 11.8 Å². The summed E-state index contributed by atoms with van der Waals surface area (Å²) in [6.45, 7) is 7.27. The first kappa shape index (κ1) is 13.0. The molecule has 1 aliphatic carbocycles. The van der Waals surface area contributed by atoms with E-state index in [1.165, 1.54) is 12.8 Å². The van der Waals surface area contributed by atoms with E-state index in [0.717, 1.165) is 12.5 Å². The quantitative estimate of drug-likeness (QED) is 0.677. The van der Waals surface area contributed by atoms with E-state index in [0.29, 0.717) is 12.5 Å². The molecule has 0 amide bonds. The van der Waals surface area contributed by atoms with Crippen LogP contribution in [-0.4, -0.2) is 32.5 Å². The van der Waals surface area contributed by atoms with Gasteiger partial charge >= 0.3 is 0 Å². The van der Waals surface area contributed by atoms with Gasteiger partial charge in [0, 0.05) is 6.54 Å². The van der Waals surface area contributed by atoms with Gasteiger partial charge in [-0.15, -0.1) is 0 Å². The van der Waals surface area contributed by atoms with Crippen molar-refractivity contribution in [2.75, 3.05) is 18.8 Å².